The van der Waals surface area contributed by atoms with Crippen molar-refractivity contribution in [2.24, 2.45) is 4.99 Å². The highest BCUT2D eigenvalue weighted by atomic mass is 15.3. The van der Waals surface area contributed by atoms with Crippen LogP contribution in [0.5, 0.6) is 0 Å². The van der Waals surface area contributed by atoms with Gasteiger partial charge in [-0.1, -0.05) is 12.1 Å². The second-order valence-corrected chi connectivity index (χ2v) is 4.49. The van der Waals surface area contributed by atoms with Crippen molar-refractivity contribution < 1.29 is 0 Å². The lowest BCUT2D eigenvalue weighted by Crippen LogP contribution is -2.35. The molecule has 0 amide bonds. The molecular weight excluding hydrogens is 240 g/mol. The molecule has 3 rings (SSSR count). The van der Waals surface area contributed by atoms with Crippen LogP contribution in [0.2, 0.25) is 0 Å². The Morgan fingerprint density at radius 2 is 2.32 bits per heavy atom. The highest BCUT2D eigenvalue weighted by Crippen LogP contribution is 2.09. The molecule has 1 aromatic carbocycles. The van der Waals surface area contributed by atoms with Gasteiger partial charge < -0.3 is 10.2 Å². The molecule has 0 atom stereocenters. The van der Waals surface area contributed by atoms with E-state index >= 15 is 0 Å². The molecule has 0 radical (unpaired) electrons. The maximum atomic E-state index is 4.41. The van der Waals surface area contributed by atoms with Crippen LogP contribution >= 0.6 is 0 Å². The molecule has 2 aromatic rings. The summed E-state index contributed by atoms with van der Waals surface area (Å²) in [6.07, 6.45) is 3.23. The number of hydrogen-bond donors (Lipinski definition) is 1. The molecule has 0 spiro atoms. The molecule has 0 saturated heterocycles. The number of hydrogen-bond acceptors (Lipinski definition) is 5. The first-order valence-corrected chi connectivity index (χ1v) is 6.26. The lowest BCUT2D eigenvalue weighted by Gasteiger charge is -2.15. The third-order valence-electron chi connectivity index (χ3n) is 3.10. The van der Waals surface area contributed by atoms with Crippen molar-refractivity contribution >= 4 is 5.96 Å². The van der Waals surface area contributed by atoms with Gasteiger partial charge >= 0.3 is 0 Å². The zero-order chi connectivity index (χ0) is 13.1. The summed E-state index contributed by atoms with van der Waals surface area (Å²) in [6.45, 7) is 2.62. The van der Waals surface area contributed by atoms with Gasteiger partial charge in [0, 0.05) is 20.1 Å². The molecule has 0 fully saturated rings. The van der Waals surface area contributed by atoms with E-state index < -0.39 is 0 Å². The van der Waals surface area contributed by atoms with Crippen molar-refractivity contribution in [2.75, 3.05) is 20.1 Å². The van der Waals surface area contributed by atoms with Crippen molar-refractivity contribution in [2.45, 2.75) is 6.54 Å². The van der Waals surface area contributed by atoms with Crippen molar-refractivity contribution in [3.8, 4) is 5.69 Å². The second kappa shape index (κ2) is 5.09. The third-order valence-corrected chi connectivity index (χ3v) is 3.10. The lowest BCUT2D eigenvalue weighted by atomic mass is 10.2. The summed E-state index contributed by atoms with van der Waals surface area (Å²) in [5.74, 6) is 0.964. The Bertz CT molecular complexity index is 575. The first-order valence-electron chi connectivity index (χ1n) is 6.26. The molecular formula is C13H16N6. The molecule has 1 aliphatic rings. The van der Waals surface area contributed by atoms with Gasteiger partial charge in [-0.3, -0.25) is 4.99 Å². The average molecular weight is 256 g/mol. The lowest BCUT2D eigenvalue weighted by molar-refractivity contribution is 0.534. The molecule has 1 aromatic heterocycles. The second-order valence-electron chi connectivity index (χ2n) is 4.49. The zero-order valence-electron chi connectivity index (χ0n) is 10.8. The number of rotatable bonds is 3. The van der Waals surface area contributed by atoms with Crippen molar-refractivity contribution in [3.05, 3.63) is 42.5 Å². The molecule has 0 bridgehead atoms. The van der Waals surface area contributed by atoms with Crippen molar-refractivity contribution in [1.82, 2.24) is 25.0 Å². The number of benzene rings is 1. The predicted octanol–water partition coefficient (Wildman–Crippen LogP) is 0.658. The Labute approximate surface area is 111 Å². The fraction of sp³-hybridized carbons (Fsp3) is 0.308. The number of guanidine groups is 1. The van der Waals surface area contributed by atoms with Crippen molar-refractivity contribution in [1.29, 1.82) is 0 Å². The van der Waals surface area contributed by atoms with Crippen LogP contribution in [0.3, 0.4) is 0 Å². The molecule has 0 unspecified atom stereocenters. The summed E-state index contributed by atoms with van der Waals surface area (Å²) in [6, 6.07) is 8.21. The molecule has 6 nitrogen and oxygen atoms in total. The summed E-state index contributed by atoms with van der Waals surface area (Å²) in [7, 11) is 2.05. The van der Waals surface area contributed by atoms with Crippen molar-refractivity contribution in [3.63, 3.8) is 0 Å². The SMILES string of the molecule is CN1CCN=C1NCc1cccc(-n2cncn2)c1. The summed E-state index contributed by atoms with van der Waals surface area (Å²) < 4.78 is 1.75. The smallest absolute Gasteiger partial charge is 0.194 e. The van der Waals surface area contributed by atoms with E-state index in [-0.39, 0.29) is 0 Å². The van der Waals surface area contributed by atoms with Crippen LogP contribution in [-0.4, -0.2) is 45.8 Å². The number of likely N-dealkylation sites (N-methyl/N-ethyl adjacent to an activating group) is 1. The van der Waals surface area contributed by atoms with Crippen LogP contribution in [0.4, 0.5) is 0 Å². The average Bonchev–Trinajstić information content (AvgIpc) is 3.08. The largest absolute Gasteiger partial charge is 0.352 e. The van der Waals surface area contributed by atoms with E-state index in [1.807, 2.05) is 19.2 Å². The van der Waals surface area contributed by atoms with Crippen LogP contribution in [0, 0.1) is 0 Å². The summed E-state index contributed by atoms with van der Waals surface area (Å²) >= 11 is 0. The number of nitrogens with zero attached hydrogens (tertiary/aromatic N) is 5. The van der Waals surface area contributed by atoms with E-state index in [9.17, 15) is 0 Å². The van der Waals surface area contributed by atoms with Gasteiger partial charge in [-0.25, -0.2) is 9.67 Å². The number of aliphatic imine (C=N–C) groups is 1. The number of aromatic nitrogens is 3. The molecule has 1 aliphatic heterocycles. The van der Waals surface area contributed by atoms with Crippen LogP contribution in [-0.2, 0) is 6.54 Å². The van der Waals surface area contributed by atoms with Crippen LogP contribution in [0.25, 0.3) is 5.69 Å². The minimum atomic E-state index is 0.756. The first kappa shape index (κ1) is 11.7. The van der Waals surface area contributed by atoms with Gasteiger partial charge in [-0.2, -0.15) is 5.10 Å². The topological polar surface area (TPSA) is 58.3 Å². The van der Waals surface area contributed by atoms with Crippen LogP contribution in [0.15, 0.2) is 41.9 Å². The van der Waals surface area contributed by atoms with E-state index in [0.29, 0.717) is 0 Å². The van der Waals surface area contributed by atoms with Gasteiger partial charge in [0.05, 0.1) is 12.2 Å². The van der Waals surface area contributed by atoms with Crippen LogP contribution < -0.4 is 5.32 Å². The Hall–Kier alpha value is -2.37. The van der Waals surface area contributed by atoms with Gasteiger partial charge in [0.1, 0.15) is 12.7 Å². The fourth-order valence-electron chi connectivity index (χ4n) is 2.05. The van der Waals surface area contributed by atoms with Gasteiger partial charge in [0.15, 0.2) is 5.96 Å². The Kier molecular flexibility index (Phi) is 3.14. The molecule has 1 N–H and O–H groups in total. The molecule has 98 valence electrons. The van der Waals surface area contributed by atoms with Gasteiger partial charge in [0.2, 0.25) is 0 Å². The molecule has 0 saturated carbocycles. The molecule has 19 heavy (non-hydrogen) atoms. The number of nitrogens with one attached hydrogen (secondary N) is 1. The Morgan fingerprint density at radius 1 is 1.37 bits per heavy atom. The van der Waals surface area contributed by atoms with E-state index in [4.69, 9.17) is 0 Å². The summed E-state index contributed by atoms with van der Waals surface area (Å²) in [5.41, 5.74) is 2.20. The van der Waals surface area contributed by atoms with E-state index in [1.54, 1.807) is 11.0 Å². The van der Waals surface area contributed by atoms with Gasteiger partial charge in [-0.05, 0) is 17.7 Å². The van der Waals surface area contributed by atoms with E-state index in [2.05, 4.69) is 37.4 Å². The fourth-order valence-corrected chi connectivity index (χ4v) is 2.05. The minimum absolute atomic E-state index is 0.756. The summed E-state index contributed by atoms with van der Waals surface area (Å²) in [4.78, 5) is 10.5. The Morgan fingerprint density at radius 3 is 3.05 bits per heavy atom. The summed E-state index contributed by atoms with van der Waals surface area (Å²) in [5, 5.41) is 7.48. The van der Waals surface area contributed by atoms with E-state index in [1.165, 1.54) is 11.9 Å². The quantitative estimate of drug-likeness (QED) is 0.876. The predicted molar refractivity (Wildman–Crippen MR) is 73.1 cm³/mol. The maximum absolute atomic E-state index is 4.41. The van der Waals surface area contributed by atoms with E-state index in [0.717, 1.165) is 31.3 Å². The first-order chi connectivity index (χ1) is 9.33. The standard InChI is InChI=1S/C13H16N6/c1-18-6-5-15-13(18)16-8-11-3-2-4-12(7-11)19-10-14-9-17-19/h2-4,7,9-10H,5-6,8H2,1H3,(H,15,16). The monoisotopic (exact) mass is 256 g/mol. The molecule has 6 heteroatoms. The minimum Gasteiger partial charge on any atom is -0.352 e. The molecule has 0 aliphatic carbocycles. The maximum Gasteiger partial charge on any atom is 0.194 e. The third kappa shape index (κ3) is 2.57. The highest BCUT2D eigenvalue weighted by molar-refractivity contribution is 5.81. The van der Waals surface area contributed by atoms with Crippen LogP contribution in [0.1, 0.15) is 5.56 Å². The normalized spacial score (nSPS) is 14.6. The van der Waals surface area contributed by atoms with Gasteiger partial charge in [-0.15, -0.1) is 0 Å². The van der Waals surface area contributed by atoms with Gasteiger partial charge in [0.25, 0.3) is 0 Å². The Balaban J connectivity index is 1.70. The zero-order valence-corrected chi connectivity index (χ0v) is 10.8. The molecule has 2 heterocycles. The highest BCUT2D eigenvalue weighted by Gasteiger charge is 2.11.